The molecule has 1 aromatic carbocycles. The van der Waals surface area contributed by atoms with Crippen LogP contribution in [0.2, 0.25) is 0 Å². The van der Waals surface area contributed by atoms with E-state index in [9.17, 15) is 9.59 Å². The van der Waals surface area contributed by atoms with Gasteiger partial charge in [0.1, 0.15) is 5.82 Å². The number of nitrogens with two attached hydrogens (primary N) is 1. The van der Waals surface area contributed by atoms with Gasteiger partial charge in [-0.3, -0.25) is 14.5 Å². The number of anilines is 3. The number of nitrogens with zero attached hydrogens (tertiary/aromatic N) is 4. The van der Waals surface area contributed by atoms with E-state index in [1.807, 2.05) is 24.3 Å². The van der Waals surface area contributed by atoms with Crippen molar-refractivity contribution in [2.75, 3.05) is 23.0 Å². The number of aromatic nitrogens is 3. The van der Waals surface area contributed by atoms with Gasteiger partial charge in [0.15, 0.2) is 0 Å². The van der Waals surface area contributed by atoms with E-state index in [4.69, 9.17) is 5.73 Å². The van der Waals surface area contributed by atoms with Crippen molar-refractivity contribution in [1.29, 1.82) is 0 Å². The summed E-state index contributed by atoms with van der Waals surface area (Å²) in [6.45, 7) is 1.47. The van der Waals surface area contributed by atoms with Gasteiger partial charge in [0.05, 0.1) is 23.6 Å². The van der Waals surface area contributed by atoms with Crippen LogP contribution in [0.4, 0.5) is 17.2 Å². The monoisotopic (exact) mass is 400 g/mol. The number of hydrogen-bond donors (Lipinski definition) is 2. The highest BCUT2D eigenvalue weighted by Gasteiger charge is 2.16. The molecule has 0 unspecified atom stereocenters. The Labute approximate surface area is 173 Å². The summed E-state index contributed by atoms with van der Waals surface area (Å²) >= 11 is 0. The molecule has 8 heteroatoms. The molecule has 0 spiro atoms. The lowest BCUT2D eigenvalue weighted by Crippen LogP contribution is -2.27. The van der Waals surface area contributed by atoms with Crippen LogP contribution < -0.4 is 16.0 Å². The molecular formula is C22H20N6O2. The fourth-order valence-electron chi connectivity index (χ4n) is 3.17. The van der Waals surface area contributed by atoms with E-state index in [1.54, 1.807) is 48.2 Å². The molecule has 4 aromatic rings. The Hall–Kier alpha value is -4.20. The van der Waals surface area contributed by atoms with Crippen molar-refractivity contribution in [2.45, 2.75) is 6.92 Å². The zero-order valence-electron chi connectivity index (χ0n) is 16.5. The highest BCUT2D eigenvalue weighted by atomic mass is 16.2. The van der Waals surface area contributed by atoms with Crippen LogP contribution in [-0.4, -0.2) is 33.5 Å². The van der Waals surface area contributed by atoms with Crippen LogP contribution in [0, 0.1) is 0 Å². The first-order valence-electron chi connectivity index (χ1n) is 9.27. The summed E-state index contributed by atoms with van der Waals surface area (Å²) in [6.07, 6.45) is 5.02. The fraction of sp³-hybridized carbons (Fsp3) is 0.0909. The summed E-state index contributed by atoms with van der Waals surface area (Å²) in [5.74, 6) is 0.195. The highest BCUT2D eigenvalue weighted by Crippen LogP contribution is 2.27. The third-order valence-corrected chi connectivity index (χ3v) is 4.70. The van der Waals surface area contributed by atoms with Gasteiger partial charge in [-0.05, 0) is 42.0 Å². The summed E-state index contributed by atoms with van der Waals surface area (Å²) in [6, 6.07) is 14.4. The van der Waals surface area contributed by atoms with Crippen molar-refractivity contribution in [1.82, 2.24) is 14.6 Å². The Morgan fingerprint density at radius 3 is 2.50 bits per heavy atom. The van der Waals surface area contributed by atoms with Gasteiger partial charge in [0.25, 0.3) is 5.91 Å². The first-order valence-corrected chi connectivity index (χ1v) is 9.27. The third kappa shape index (κ3) is 3.70. The minimum Gasteiger partial charge on any atom is -0.397 e. The Morgan fingerprint density at radius 2 is 1.83 bits per heavy atom. The Bertz CT molecular complexity index is 1230. The average Bonchev–Trinajstić information content (AvgIpc) is 3.16. The largest absolute Gasteiger partial charge is 0.397 e. The molecule has 8 nitrogen and oxygen atoms in total. The second-order valence-corrected chi connectivity index (χ2v) is 6.88. The van der Waals surface area contributed by atoms with E-state index in [1.165, 1.54) is 18.0 Å². The number of benzene rings is 1. The van der Waals surface area contributed by atoms with E-state index >= 15 is 0 Å². The van der Waals surface area contributed by atoms with Gasteiger partial charge in [0.2, 0.25) is 5.91 Å². The van der Waals surface area contributed by atoms with Crippen molar-refractivity contribution in [3.63, 3.8) is 0 Å². The van der Waals surface area contributed by atoms with Crippen LogP contribution in [0.15, 0.2) is 67.1 Å². The molecule has 0 saturated carbocycles. The van der Waals surface area contributed by atoms with Crippen LogP contribution in [0.3, 0.4) is 0 Å². The van der Waals surface area contributed by atoms with Gasteiger partial charge < -0.3 is 11.1 Å². The maximum absolute atomic E-state index is 13.0. The number of pyridine rings is 2. The lowest BCUT2D eigenvalue weighted by atomic mass is 10.1. The number of amides is 2. The summed E-state index contributed by atoms with van der Waals surface area (Å²) < 4.78 is 1.72. The number of fused-ring (bicyclic) bond motifs is 1. The van der Waals surface area contributed by atoms with E-state index < -0.39 is 0 Å². The van der Waals surface area contributed by atoms with E-state index in [0.29, 0.717) is 17.1 Å². The van der Waals surface area contributed by atoms with E-state index in [-0.39, 0.29) is 11.8 Å². The number of rotatable bonds is 4. The van der Waals surface area contributed by atoms with Crippen molar-refractivity contribution >= 4 is 34.5 Å². The van der Waals surface area contributed by atoms with Gasteiger partial charge in [-0.25, -0.2) is 9.50 Å². The normalized spacial score (nSPS) is 10.7. The fourth-order valence-corrected chi connectivity index (χ4v) is 3.17. The highest BCUT2D eigenvalue weighted by molar-refractivity contribution is 6.06. The predicted octanol–water partition coefficient (Wildman–Crippen LogP) is 3.21. The molecule has 0 atom stereocenters. The van der Waals surface area contributed by atoms with Crippen LogP contribution in [0.1, 0.15) is 17.3 Å². The quantitative estimate of drug-likeness (QED) is 0.547. The number of nitrogen functional groups attached to an aromatic ring is 1. The molecule has 150 valence electrons. The number of carbonyl (C=O) groups excluding carboxylic acids is 2. The lowest BCUT2D eigenvalue weighted by Gasteiger charge is -2.16. The molecule has 30 heavy (non-hydrogen) atoms. The second kappa shape index (κ2) is 7.67. The molecule has 3 heterocycles. The molecule has 3 aromatic heterocycles. The molecule has 0 aliphatic carbocycles. The number of nitrogens with one attached hydrogen (secondary N) is 1. The maximum Gasteiger partial charge on any atom is 0.259 e. The van der Waals surface area contributed by atoms with Crippen molar-refractivity contribution in [3.8, 4) is 11.1 Å². The Balaban J connectivity index is 1.66. The van der Waals surface area contributed by atoms with Gasteiger partial charge >= 0.3 is 0 Å². The zero-order chi connectivity index (χ0) is 21.3. The summed E-state index contributed by atoms with van der Waals surface area (Å²) in [7, 11) is 1.67. The molecule has 0 aliphatic rings. The summed E-state index contributed by atoms with van der Waals surface area (Å²) in [5, 5.41) is 7.12. The molecule has 3 N–H and O–H groups in total. The van der Waals surface area contributed by atoms with Crippen LogP contribution in [-0.2, 0) is 4.79 Å². The third-order valence-electron chi connectivity index (χ3n) is 4.70. The van der Waals surface area contributed by atoms with Gasteiger partial charge in [-0.1, -0.05) is 12.1 Å². The molecule has 2 amide bonds. The minimum atomic E-state index is -0.192. The van der Waals surface area contributed by atoms with Crippen LogP contribution in [0.25, 0.3) is 16.6 Å². The number of hydrogen-bond acceptors (Lipinski definition) is 5. The Morgan fingerprint density at radius 1 is 1.07 bits per heavy atom. The van der Waals surface area contributed by atoms with Crippen molar-refractivity contribution < 1.29 is 9.59 Å². The second-order valence-electron chi connectivity index (χ2n) is 6.88. The number of carbonyl (C=O) groups is 2. The summed E-state index contributed by atoms with van der Waals surface area (Å²) in [4.78, 5) is 29.9. The molecule has 0 saturated heterocycles. The summed E-state index contributed by atoms with van der Waals surface area (Å²) in [5.41, 5.74) is 10.1. The molecule has 0 bridgehead atoms. The van der Waals surface area contributed by atoms with Gasteiger partial charge in [0, 0.05) is 37.0 Å². The van der Waals surface area contributed by atoms with E-state index in [2.05, 4.69) is 15.4 Å². The smallest absolute Gasteiger partial charge is 0.259 e. The van der Waals surface area contributed by atoms with Gasteiger partial charge in [-0.2, -0.15) is 5.10 Å². The van der Waals surface area contributed by atoms with Crippen molar-refractivity contribution in [2.24, 2.45) is 0 Å². The molecule has 4 rings (SSSR count). The molecule has 0 fully saturated rings. The zero-order valence-corrected chi connectivity index (χ0v) is 16.5. The first-order chi connectivity index (χ1) is 14.4. The standard InChI is InChI=1S/C22H20N6O2/c1-14(29)26-18-6-3-15(4-7-18)19-13-25-28-10-9-16(11-20(19)28)22(30)27(2)21-8-5-17(23)12-24-21/h3-13H,23H2,1-2H3,(H,26,29). The minimum absolute atomic E-state index is 0.124. The van der Waals surface area contributed by atoms with Crippen LogP contribution >= 0.6 is 0 Å². The Kier molecular flexibility index (Phi) is 4.89. The van der Waals surface area contributed by atoms with Crippen molar-refractivity contribution in [3.05, 3.63) is 72.7 Å². The topological polar surface area (TPSA) is 106 Å². The van der Waals surface area contributed by atoms with Crippen LogP contribution in [0.5, 0.6) is 0 Å². The van der Waals surface area contributed by atoms with E-state index in [0.717, 1.165) is 22.3 Å². The lowest BCUT2D eigenvalue weighted by molar-refractivity contribution is -0.114. The predicted molar refractivity (Wildman–Crippen MR) is 116 cm³/mol. The molecular weight excluding hydrogens is 380 g/mol. The molecule has 0 radical (unpaired) electrons. The average molecular weight is 400 g/mol. The maximum atomic E-state index is 13.0. The van der Waals surface area contributed by atoms with Gasteiger partial charge in [-0.15, -0.1) is 0 Å². The first kappa shape index (κ1) is 19.1. The molecule has 0 aliphatic heterocycles. The SMILES string of the molecule is CC(=O)Nc1ccc(-c2cnn3ccc(C(=O)N(C)c4ccc(N)cn4)cc23)cc1.